The second kappa shape index (κ2) is 5.98. The minimum Gasteiger partial charge on any atom is -0.313 e. The molecule has 0 bridgehead atoms. The van der Waals surface area contributed by atoms with Gasteiger partial charge in [0.2, 0.25) is 10.0 Å². The van der Waals surface area contributed by atoms with Gasteiger partial charge in [-0.2, -0.15) is 0 Å². The van der Waals surface area contributed by atoms with Crippen molar-refractivity contribution in [1.82, 2.24) is 10.0 Å². The predicted octanol–water partition coefficient (Wildman–Crippen LogP) is 1.62. The average molecular weight is 286 g/mol. The number of rotatable bonds is 7. The molecule has 0 saturated heterocycles. The normalized spacial score (nSPS) is 15.7. The molecule has 1 aromatic carbocycles. The average Bonchev–Trinajstić information content (AvgIpc) is 3.18. The minimum absolute atomic E-state index is 0.270. The lowest BCUT2D eigenvalue weighted by molar-refractivity contribution is 0.552. The van der Waals surface area contributed by atoms with Crippen LogP contribution in [0.25, 0.3) is 0 Å². The fraction of sp³-hybridized carbons (Fsp3) is 0.538. The van der Waals surface area contributed by atoms with Crippen molar-refractivity contribution < 1.29 is 12.8 Å². The molecule has 0 amide bonds. The highest BCUT2D eigenvalue weighted by molar-refractivity contribution is 7.89. The van der Waals surface area contributed by atoms with Gasteiger partial charge < -0.3 is 5.32 Å². The molecule has 2 rings (SSSR count). The smallest absolute Gasteiger partial charge is 0.243 e. The summed E-state index contributed by atoms with van der Waals surface area (Å²) in [5.41, 5.74) is 0.737. The Morgan fingerprint density at radius 2 is 2.11 bits per heavy atom. The summed E-state index contributed by atoms with van der Waals surface area (Å²) in [6, 6.07) is 4.24. The van der Waals surface area contributed by atoms with E-state index < -0.39 is 15.8 Å². The number of halogens is 1. The van der Waals surface area contributed by atoms with Gasteiger partial charge in [-0.3, -0.25) is 0 Å². The van der Waals surface area contributed by atoms with E-state index in [-0.39, 0.29) is 4.90 Å². The molecule has 2 N–H and O–H groups in total. The first-order valence-corrected chi connectivity index (χ1v) is 8.00. The Morgan fingerprint density at radius 1 is 1.37 bits per heavy atom. The topological polar surface area (TPSA) is 58.2 Å². The lowest BCUT2D eigenvalue weighted by Crippen LogP contribution is -2.26. The van der Waals surface area contributed by atoms with E-state index in [9.17, 15) is 12.8 Å². The Kier molecular flexibility index (Phi) is 4.54. The number of hydrogen-bond acceptors (Lipinski definition) is 3. The summed E-state index contributed by atoms with van der Waals surface area (Å²) in [5.74, 6) is -0.274. The largest absolute Gasteiger partial charge is 0.313 e. The molecule has 1 fully saturated rings. The van der Waals surface area contributed by atoms with Crippen LogP contribution in [0, 0.1) is 11.7 Å². The third kappa shape index (κ3) is 3.99. The predicted molar refractivity (Wildman–Crippen MR) is 71.7 cm³/mol. The van der Waals surface area contributed by atoms with Crippen LogP contribution < -0.4 is 10.0 Å². The van der Waals surface area contributed by atoms with Gasteiger partial charge in [-0.15, -0.1) is 0 Å². The molecule has 0 aliphatic heterocycles. The lowest BCUT2D eigenvalue weighted by atomic mass is 10.2. The summed E-state index contributed by atoms with van der Waals surface area (Å²) in [6.07, 6.45) is 2.10. The molecule has 4 nitrogen and oxygen atoms in total. The first-order chi connectivity index (χ1) is 9.03. The first kappa shape index (κ1) is 14.4. The van der Waals surface area contributed by atoms with E-state index >= 15 is 0 Å². The van der Waals surface area contributed by atoms with Crippen molar-refractivity contribution in [2.75, 3.05) is 13.1 Å². The highest BCUT2D eigenvalue weighted by Crippen LogP contribution is 2.28. The van der Waals surface area contributed by atoms with Crippen LogP contribution in [0.2, 0.25) is 0 Å². The molecule has 106 valence electrons. The molecule has 1 aliphatic carbocycles. The van der Waals surface area contributed by atoms with Gasteiger partial charge in [-0.05, 0) is 43.0 Å². The van der Waals surface area contributed by atoms with Crippen LogP contribution in [0.1, 0.15) is 25.3 Å². The van der Waals surface area contributed by atoms with Gasteiger partial charge in [0.1, 0.15) is 10.7 Å². The maximum absolute atomic E-state index is 13.9. The number of nitrogens with one attached hydrogen (secondary N) is 2. The van der Waals surface area contributed by atoms with Crippen LogP contribution in [0.15, 0.2) is 23.1 Å². The van der Waals surface area contributed by atoms with Crippen molar-refractivity contribution in [1.29, 1.82) is 0 Å². The minimum atomic E-state index is -3.73. The molecular formula is C13H19FN2O2S. The maximum atomic E-state index is 13.9. The van der Waals surface area contributed by atoms with Crippen LogP contribution in [-0.2, 0) is 16.6 Å². The summed E-state index contributed by atoms with van der Waals surface area (Å²) >= 11 is 0. The van der Waals surface area contributed by atoms with E-state index in [2.05, 4.69) is 10.0 Å². The van der Waals surface area contributed by atoms with Crippen molar-refractivity contribution in [2.45, 2.75) is 31.2 Å². The summed E-state index contributed by atoms with van der Waals surface area (Å²) in [7, 11) is -3.73. The van der Waals surface area contributed by atoms with E-state index in [1.165, 1.54) is 12.1 Å². The zero-order chi connectivity index (χ0) is 13.9. The SMILES string of the molecule is CCNCc1ccc(S(=O)(=O)NCC2CC2)c(F)c1. The zero-order valence-electron chi connectivity index (χ0n) is 10.9. The number of benzene rings is 1. The molecule has 0 heterocycles. The molecule has 1 aliphatic rings. The number of sulfonamides is 1. The summed E-state index contributed by atoms with van der Waals surface area (Å²) < 4.78 is 40.2. The first-order valence-electron chi connectivity index (χ1n) is 6.51. The second-order valence-electron chi connectivity index (χ2n) is 4.84. The van der Waals surface area contributed by atoms with E-state index in [1.807, 2.05) is 6.92 Å². The van der Waals surface area contributed by atoms with Crippen molar-refractivity contribution in [2.24, 2.45) is 5.92 Å². The Labute approximate surface area is 113 Å². The fourth-order valence-electron chi connectivity index (χ4n) is 1.77. The van der Waals surface area contributed by atoms with Crippen molar-refractivity contribution in [3.8, 4) is 0 Å². The molecule has 0 unspecified atom stereocenters. The third-order valence-corrected chi connectivity index (χ3v) is 4.58. The Morgan fingerprint density at radius 3 is 2.68 bits per heavy atom. The molecule has 19 heavy (non-hydrogen) atoms. The van der Waals surface area contributed by atoms with Crippen molar-refractivity contribution in [3.63, 3.8) is 0 Å². The van der Waals surface area contributed by atoms with Crippen molar-refractivity contribution in [3.05, 3.63) is 29.6 Å². The summed E-state index contributed by atoms with van der Waals surface area (Å²) in [6.45, 7) is 3.67. The summed E-state index contributed by atoms with van der Waals surface area (Å²) in [5, 5.41) is 3.07. The highest BCUT2D eigenvalue weighted by atomic mass is 32.2. The van der Waals surface area contributed by atoms with Gasteiger partial charge in [-0.25, -0.2) is 17.5 Å². The van der Waals surface area contributed by atoms with Crippen LogP contribution in [-0.4, -0.2) is 21.5 Å². The molecule has 6 heteroatoms. The highest BCUT2D eigenvalue weighted by Gasteiger charge is 2.25. The summed E-state index contributed by atoms with van der Waals surface area (Å²) in [4.78, 5) is -0.270. The maximum Gasteiger partial charge on any atom is 0.243 e. The quantitative estimate of drug-likeness (QED) is 0.801. The Hall–Kier alpha value is -0.980. The van der Waals surface area contributed by atoms with Gasteiger partial charge in [0.05, 0.1) is 0 Å². The van der Waals surface area contributed by atoms with Crippen LogP contribution in [0.5, 0.6) is 0 Å². The van der Waals surface area contributed by atoms with Gasteiger partial charge >= 0.3 is 0 Å². The third-order valence-electron chi connectivity index (χ3n) is 3.12. The second-order valence-corrected chi connectivity index (χ2v) is 6.58. The van der Waals surface area contributed by atoms with E-state index in [4.69, 9.17) is 0 Å². The molecular weight excluding hydrogens is 267 g/mol. The van der Waals surface area contributed by atoms with Crippen LogP contribution in [0.3, 0.4) is 0 Å². The van der Waals surface area contributed by atoms with Crippen molar-refractivity contribution >= 4 is 10.0 Å². The molecule has 0 spiro atoms. The van der Waals surface area contributed by atoms with Crippen LogP contribution >= 0.6 is 0 Å². The molecule has 0 aromatic heterocycles. The van der Waals surface area contributed by atoms with Gasteiger partial charge in [-0.1, -0.05) is 13.0 Å². The van der Waals surface area contributed by atoms with E-state index in [0.717, 1.165) is 24.9 Å². The standard InChI is InChI=1S/C13H19FN2O2S/c1-2-15-8-11-5-6-13(12(14)7-11)19(17,18)16-9-10-3-4-10/h5-7,10,15-16H,2-4,8-9H2,1H3. The van der Waals surface area contributed by atoms with Gasteiger partial charge in [0, 0.05) is 13.1 Å². The molecule has 1 saturated carbocycles. The molecule has 1 aromatic rings. The lowest BCUT2D eigenvalue weighted by Gasteiger charge is -2.09. The fourth-order valence-corrected chi connectivity index (χ4v) is 2.94. The Balaban J connectivity index is 2.09. The monoisotopic (exact) mass is 286 g/mol. The van der Waals surface area contributed by atoms with E-state index in [1.54, 1.807) is 6.07 Å². The zero-order valence-corrected chi connectivity index (χ0v) is 11.8. The van der Waals surface area contributed by atoms with Gasteiger partial charge in [0.25, 0.3) is 0 Å². The van der Waals surface area contributed by atoms with E-state index in [0.29, 0.717) is 19.0 Å². The number of hydrogen-bond donors (Lipinski definition) is 2. The Bertz CT molecular complexity index is 542. The molecule has 0 atom stereocenters. The van der Waals surface area contributed by atoms with Crippen LogP contribution in [0.4, 0.5) is 4.39 Å². The van der Waals surface area contributed by atoms with Gasteiger partial charge in [0.15, 0.2) is 0 Å². The molecule has 0 radical (unpaired) electrons.